The number of alkyl halides is 3. The minimum absolute atomic E-state index is 0.0179. The maximum Gasteiger partial charge on any atom is 0.448 e. The number of nitrogens with zero attached hydrogens (tertiary/aromatic N) is 2. The number of allylic oxidation sites excluding steroid dienone is 1. The zero-order chi connectivity index (χ0) is 15.1. The van der Waals surface area contributed by atoms with Crippen molar-refractivity contribution in [2.75, 3.05) is 0 Å². The van der Waals surface area contributed by atoms with Crippen LogP contribution in [0.15, 0.2) is 17.9 Å². The number of fused-ring (bicyclic) bond motifs is 1. The highest BCUT2D eigenvalue weighted by molar-refractivity contribution is 6.42. The third-order valence-electron chi connectivity index (χ3n) is 2.69. The molecule has 0 radical (unpaired) electrons. The predicted octanol–water partition coefficient (Wildman–Crippen LogP) is 4.82. The van der Waals surface area contributed by atoms with Gasteiger partial charge in [-0.15, -0.1) is 0 Å². The molecule has 2 rings (SSSR count). The number of aryl methyl sites for hydroxylation is 1. The number of rotatable bonds is 2. The van der Waals surface area contributed by atoms with Gasteiger partial charge in [-0.3, -0.25) is 0 Å². The lowest BCUT2D eigenvalue weighted by Crippen LogP contribution is -2.11. The van der Waals surface area contributed by atoms with Gasteiger partial charge < -0.3 is 9.67 Å². The van der Waals surface area contributed by atoms with Crippen LogP contribution in [0.3, 0.4) is 0 Å². The molecule has 0 atom stereocenters. The average Bonchev–Trinajstić information content (AvgIpc) is 2.65. The molecular weight excluding hydrogens is 316 g/mol. The largest absolute Gasteiger partial charge is 0.504 e. The van der Waals surface area contributed by atoms with Crippen LogP contribution in [0.4, 0.5) is 13.2 Å². The molecule has 1 aromatic carbocycles. The van der Waals surface area contributed by atoms with E-state index in [1.165, 1.54) is 16.7 Å². The number of benzene rings is 1. The van der Waals surface area contributed by atoms with Crippen LogP contribution in [0.5, 0.6) is 0 Å². The summed E-state index contributed by atoms with van der Waals surface area (Å²) < 4.78 is 38.6. The van der Waals surface area contributed by atoms with Crippen LogP contribution in [0.1, 0.15) is 12.7 Å². The summed E-state index contributed by atoms with van der Waals surface area (Å²) in [4.78, 5) is 4.02. The van der Waals surface area contributed by atoms with Gasteiger partial charge in [-0.05, 0) is 19.1 Å². The van der Waals surface area contributed by atoms with Gasteiger partial charge in [-0.1, -0.05) is 23.2 Å². The Morgan fingerprint density at radius 2 is 1.95 bits per heavy atom. The number of hydrogen-bond donors (Lipinski definition) is 1. The number of halogens is 5. The molecule has 0 bridgehead atoms. The lowest BCUT2D eigenvalue weighted by Gasteiger charge is -2.06. The Morgan fingerprint density at radius 3 is 2.50 bits per heavy atom. The van der Waals surface area contributed by atoms with Gasteiger partial charge in [0.05, 0.1) is 21.1 Å². The number of imidazole rings is 1. The first-order chi connectivity index (χ1) is 9.24. The highest BCUT2D eigenvalue weighted by atomic mass is 35.5. The molecule has 2 aromatic rings. The third-order valence-corrected chi connectivity index (χ3v) is 3.41. The molecule has 0 fully saturated rings. The number of hydrogen-bond acceptors (Lipinski definition) is 2. The molecule has 0 saturated heterocycles. The molecule has 0 unspecified atom stereocenters. The van der Waals surface area contributed by atoms with Crippen LogP contribution >= 0.6 is 23.2 Å². The minimum Gasteiger partial charge on any atom is -0.504 e. The fourth-order valence-electron chi connectivity index (χ4n) is 1.79. The average molecular weight is 325 g/mol. The van der Waals surface area contributed by atoms with E-state index < -0.39 is 11.9 Å². The summed E-state index contributed by atoms with van der Waals surface area (Å²) in [6, 6.07) is 2.99. The van der Waals surface area contributed by atoms with Crippen LogP contribution in [-0.2, 0) is 6.54 Å². The summed E-state index contributed by atoms with van der Waals surface area (Å²) in [6.45, 7) is 2.11. The van der Waals surface area contributed by atoms with Crippen molar-refractivity contribution in [3.8, 4) is 0 Å². The van der Waals surface area contributed by atoms with Crippen molar-refractivity contribution in [1.82, 2.24) is 9.55 Å². The van der Waals surface area contributed by atoms with Crippen LogP contribution in [0.25, 0.3) is 17.1 Å². The second-order valence-corrected chi connectivity index (χ2v) is 4.81. The first kappa shape index (κ1) is 15.0. The topological polar surface area (TPSA) is 38.0 Å². The van der Waals surface area contributed by atoms with Crippen molar-refractivity contribution in [3.63, 3.8) is 0 Å². The number of aliphatic hydroxyl groups is 1. The number of aliphatic hydroxyl groups excluding tert-OH is 1. The van der Waals surface area contributed by atoms with Gasteiger partial charge in [0, 0.05) is 12.6 Å². The van der Waals surface area contributed by atoms with Crippen LogP contribution in [0, 0.1) is 0 Å². The molecule has 0 amide bonds. The second kappa shape index (κ2) is 5.18. The maximum absolute atomic E-state index is 12.4. The Kier molecular flexibility index (Phi) is 3.88. The standard InChI is InChI=1S/C12H9Cl2F3N2O/c1-2-19-9-4-7(14)6(13)3-8(9)18-11(19)5-10(20)12(15,16)17/h3-5,20H,2H2,1H3. The summed E-state index contributed by atoms with van der Waals surface area (Å²) in [5, 5.41) is 9.57. The Morgan fingerprint density at radius 1 is 1.35 bits per heavy atom. The molecule has 0 aliphatic rings. The van der Waals surface area contributed by atoms with E-state index in [9.17, 15) is 13.2 Å². The van der Waals surface area contributed by atoms with Crippen molar-refractivity contribution < 1.29 is 18.3 Å². The van der Waals surface area contributed by atoms with Gasteiger partial charge in [0.15, 0.2) is 0 Å². The molecule has 0 aliphatic carbocycles. The summed E-state index contributed by atoms with van der Waals surface area (Å²) >= 11 is 11.7. The number of aromatic nitrogens is 2. The molecule has 0 saturated carbocycles. The van der Waals surface area contributed by atoms with Gasteiger partial charge in [0.25, 0.3) is 0 Å². The maximum atomic E-state index is 12.4. The van der Waals surface area contributed by atoms with Crippen LogP contribution in [-0.4, -0.2) is 20.8 Å². The van der Waals surface area contributed by atoms with E-state index in [-0.39, 0.29) is 15.9 Å². The molecule has 0 spiro atoms. The summed E-state index contributed by atoms with van der Waals surface area (Å²) in [5.41, 5.74) is 0.950. The van der Waals surface area contributed by atoms with Gasteiger partial charge >= 0.3 is 6.18 Å². The molecule has 0 aliphatic heterocycles. The summed E-state index contributed by atoms with van der Waals surface area (Å²) in [6.07, 6.45) is -4.24. The predicted molar refractivity (Wildman–Crippen MR) is 72.1 cm³/mol. The monoisotopic (exact) mass is 324 g/mol. The first-order valence-electron chi connectivity index (χ1n) is 5.57. The molecule has 8 heteroatoms. The molecule has 1 N–H and O–H groups in total. The fraction of sp³-hybridized carbons (Fsp3) is 0.250. The first-order valence-corrected chi connectivity index (χ1v) is 6.32. The minimum atomic E-state index is -4.81. The van der Waals surface area contributed by atoms with E-state index in [1.807, 2.05) is 0 Å². The normalized spacial score (nSPS) is 13.2. The molecule has 20 heavy (non-hydrogen) atoms. The summed E-state index contributed by atoms with van der Waals surface area (Å²) in [5.74, 6) is -1.73. The Hall–Kier alpha value is -1.40. The molecular formula is C12H9Cl2F3N2O. The van der Waals surface area contributed by atoms with Gasteiger partial charge in [-0.2, -0.15) is 13.2 Å². The van der Waals surface area contributed by atoms with Gasteiger partial charge in [0.2, 0.25) is 5.76 Å². The van der Waals surface area contributed by atoms with E-state index in [0.717, 1.165) is 0 Å². The Balaban J connectivity index is 2.66. The highest BCUT2D eigenvalue weighted by Gasteiger charge is 2.34. The van der Waals surface area contributed by atoms with Crippen molar-refractivity contribution >= 4 is 40.3 Å². The second-order valence-electron chi connectivity index (χ2n) is 4.00. The fourth-order valence-corrected chi connectivity index (χ4v) is 2.10. The Labute approximate surface area is 122 Å². The van der Waals surface area contributed by atoms with Crippen molar-refractivity contribution in [1.29, 1.82) is 0 Å². The quantitative estimate of drug-likeness (QED) is 0.804. The van der Waals surface area contributed by atoms with Gasteiger partial charge in [0.1, 0.15) is 5.82 Å². The zero-order valence-electron chi connectivity index (χ0n) is 10.2. The van der Waals surface area contributed by atoms with Gasteiger partial charge in [-0.25, -0.2) is 4.98 Å². The SMILES string of the molecule is CCn1c(C=C(O)C(F)(F)F)nc2cc(Cl)c(Cl)cc21. The van der Waals surface area contributed by atoms with Crippen molar-refractivity contribution in [2.45, 2.75) is 19.6 Å². The van der Waals surface area contributed by atoms with E-state index in [4.69, 9.17) is 28.3 Å². The Bertz CT molecular complexity index is 692. The molecule has 108 valence electrons. The lowest BCUT2D eigenvalue weighted by molar-refractivity contribution is -0.119. The van der Waals surface area contributed by atoms with Crippen LogP contribution < -0.4 is 0 Å². The van der Waals surface area contributed by atoms with E-state index in [1.54, 1.807) is 6.92 Å². The highest BCUT2D eigenvalue weighted by Crippen LogP contribution is 2.30. The van der Waals surface area contributed by atoms with E-state index in [0.29, 0.717) is 23.7 Å². The zero-order valence-corrected chi connectivity index (χ0v) is 11.7. The van der Waals surface area contributed by atoms with Crippen molar-refractivity contribution in [3.05, 3.63) is 33.8 Å². The third kappa shape index (κ3) is 2.71. The lowest BCUT2D eigenvalue weighted by atomic mass is 10.3. The summed E-state index contributed by atoms with van der Waals surface area (Å²) in [7, 11) is 0. The molecule has 1 aromatic heterocycles. The molecule has 3 nitrogen and oxygen atoms in total. The van der Waals surface area contributed by atoms with Crippen molar-refractivity contribution in [2.24, 2.45) is 0 Å². The molecule has 1 heterocycles. The van der Waals surface area contributed by atoms with E-state index >= 15 is 0 Å². The van der Waals surface area contributed by atoms with E-state index in [2.05, 4.69) is 4.98 Å². The smallest absolute Gasteiger partial charge is 0.448 e. The van der Waals surface area contributed by atoms with Crippen LogP contribution in [0.2, 0.25) is 10.0 Å².